The number of rotatable bonds is 6. The highest BCUT2D eigenvalue weighted by Gasteiger charge is 2.19. The molecule has 0 aliphatic rings. The second kappa shape index (κ2) is 6.79. The summed E-state index contributed by atoms with van der Waals surface area (Å²) in [5.41, 5.74) is 6.80. The van der Waals surface area contributed by atoms with Crippen LogP contribution in [0.3, 0.4) is 0 Å². The highest BCUT2D eigenvalue weighted by molar-refractivity contribution is 5.91. The minimum atomic E-state index is -1.03. The summed E-state index contributed by atoms with van der Waals surface area (Å²) in [4.78, 5) is 24.8. The van der Waals surface area contributed by atoms with Crippen molar-refractivity contribution in [2.45, 2.75) is 26.8 Å². The zero-order valence-corrected chi connectivity index (χ0v) is 12.0. The van der Waals surface area contributed by atoms with Crippen LogP contribution in [-0.2, 0) is 4.79 Å². The van der Waals surface area contributed by atoms with Crippen LogP contribution in [0.25, 0.3) is 0 Å². The largest absolute Gasteiger partial charge is 0.478 e. The zero-order chi connectivity index (χ0) is 15.3. The molecule has 0 aliphatic heterocycles. The SMILES string of the molecule is CCN(CC)C(=O)C(C)Nc1cc(C(=O)O)ccc1N. The van der Waals surface area contributed by atoms with E-state index in [1.54, 1.807) is 11.8 Å². The number of nitrogens with zero attached hydrogens (tertiary/aromatic N) is 1. The summed E-state index contributed by atoms with van der Waals surface area (Å²) < 4.78 is 0. The number of carbonyl (C=O) groups is 2. The maximum atomic E-state index is 12.1. The molecule has 1 aromatic rings. The molecule has 110 valence electrons. The van der Waals surface area contributed by atoms with Crippen molar-refractivity contribution in [3.63, 3.8) is 0 Å². The first-order valence-electron chi connectivity index (χ1n) is 6.58. The van der Waals surface area contributed by atoms with Crippen LogP contribution in [0.2, 0.25) is 0 Å². The summed E-state index contributed by atoms with van der Waals surface area (Å²) in [5, 5.41) is 11.9. The third kappa shape index (κ3) is 3.63. The Hall–Kier alpha value is -2.24. The lowest BCUT2D eigenvalue weighted by molar-refractivity contribution is -0.131. The van der Waals surface area contributed by atoms with Gasteiger partial charge in [0, 0.05) is 13.1 Å². The topological polar surface area (TPSA) is 95.7 Å². The molecule has 6 nitrogen and oxygen atoms in total. The number of nitrogen functional groups attached to an aromatic ring is 1. The molecule has 1 rings (SSSR count). The van der Waals surface area contributed by atoms with Crippen LogP contribution in [0.5, 0.6) is 0 Å². The Morgan fingerprint density at radius 3 is 2.45 bits per heavy atom. The molecule has 1 amide bonds. The van der Waals surface area contributed by atoms with Crippen molar-refractivity contribution >= 4 is 23.3 Å². The number of hydrogen-bond donors (Lipinski definition) is 3. The maximum absolute atomic E-state index is 12.1. The van der Waals surface area contributed by atoms with Crippen LogP contribution in [0, 0.1) is 0 Å². The van der Waals surface area contributed by atoms with Crippen LogP contribution in [0.4, 0.5) is 11.4 Å². The summed E-state index contributed by atoms with van der Waals surface area (Å²) in [7, 11) is 0. The van der Waals surface area contributed by atoms with Gasteiger partial charge in [-0.1, -0.05) is 0 Å². The molecule has 4 N–H and O–H groups in total. The highest BCUT2D eigenvalue weighted by Crippen LogP contribution is 2.21. The van der Waals surface area contributed by atoms with Gasteiger partial charge in [0.25, 0.3) is 0 Å². The first-order chi connectivity index (χ1) is 9.40. The van der Waals surface area contributed by atoms with Crippen molar-refractivity contribution in [2.75, 3.05) is 24.1 Å². The molecule has 0 bridgehead atoms. The summed E-state index contributed by atoms with van der Waals surface area (Å²) in [6.07, 6.45) is 0. The quantitative estimate of drug-likeness (QED) is 0.688. The fourth-order valence-corrected chi connectivity index (χ4v) is 1.92. The van der Waals surface area contributed by atoms with Gasteiger partial charge in [0.2, 0.25) is 5.91 Å². The monoisotopic (exact) mass is 279 g/mol. The van der Waals surface area contributed by atoms with Crippen molar-refractivity contribution in [2.24, 2.45) is 0 Å². The summed E-state index contributed by atoms with van der Waals surface area (Å²) in [6.45, 7) is 6.81. The minimum Gasteiger partial charge on any atom is -0.478 e. The number of anilines is 2. The molecular weight excluding hydrogens is 258 g/mol. The predicted octanol–water partition coefficient (Wildman–Crippen LogP) is 1.64. The van der Waals surface area contributed by atoms with Gasteiger partial charge in [0.05, 0.1) is 16.9 Å². The normalized spacial score (nSPS) is 11.8. The van der Waals surface area contributed by atoms with Crippen LogP contribution in [0.15, 0.2) is 18.2 Å². The number of hydrogen-bond acceptors (Lipinski definition) is 4. The van der Waals surface area contributed by atoms with Gasteiger partial charge in [-0.05, 0) is 39.0 Å². The number of carboxylic acids is 1. The fraction of sp³-hybridized carbons (Fsp3) is 0.429. The average molecular weight is 279 g/mol. The van der Waals surface area contributed by atoms with E-state index in [-0.39, 0.29) is 11.5 Å². The molecule has 0 aromatic heterocycles. The fourth-order valence-electron chi connectivity index (χ4n) is 1.92. The molecule has 0 spiro atoms. The van der Waals surface area contributed by atoms with Gasteiger partial charge in [-0.2, -0.15) is 0 Å². The Bertz CT molecular complexity index is 498. The number of benzene rings is 1. The van der Waals surface area contributed by atoms with E-state index < -0.39 is 12.0 Å². The molecule has 1 atom stereocenters. The molecule has 0 fully saturated rings. The van der Waals surface area contributed by atoms with Gasteiger partial charge < -0.3 is 21.1 Å². The van der Waals surface area contributed by atoms with Gasteiger partial charge in [-0.3, -0.25) is 4.79 Å². The van der Waals surface area contributed by atoms with Crippen LogP contribution >= 0.6 is 0 Å². The number of nitrogens with one attached hydrogen (secondary N) is 1. The average Bonchev–Trinajstić information content (AvgIpc) is 2.42. The van der Waals surface area contributed by atoms with E-state index in [2.05, 4.69) is 5.32 Å². The lowest BCUT2D eigenvalue weighted by Gasteiger charge is -2.24. The summed E-state index contributed by atoms with van der Waals surface area (Å²) in [5.74, 6) is -1.08. The summed E-state index contributed by atoms with van der Waals surface area (Å²) >= 11 is 0. The van der Waals surface area contributed by atoms with Crippen LogP contribution in [0.1, 0.15) is 31.1 Å². The smallest absolute Gasteiger partial charge is 0.335 e. The number of amides is 1. The maximum Gasteiger partial charge on any atom is 0.335 e. The number of carbonyl (C=O) groups excluding carboxylic acids is 1. The van der Waals surface area contributed by atoms with E-state index >= 15 is 0 Å². The van der Waals surface area contributed by atoms with E-state index in [9.17, 15) is 9.59 Å². The number of aromatic carboxylic acids is 1. The predicted molar refractivity (Wildman–Crippen MR) is 78.8 cm³/mol. The number of likely N-dealkylation sites (N-methyl/N-ethyl adjacent to an activating group) is 1. The van der Waals surface area contributed by atoms with Gasteiger partial charge >= 0.3 is 5.97 Å². The van der Waals surface area contributed by atoms with E-state index in [1.165, 1.54) is 18.2 Å². The number of nitrogens with two attached hydrogens (primary N) is 1. The zero-order valence-electron chi connectivity index (χ0n) is 12.0. The van der Waals surface area contributed by atoms with Gasteiger partial charge in [0.15, 0.2) is 0 Å². The van der Waals surface area contributed by atoms with Crippen molar-refractivity contribution in [3.05, 3.63) is 23.8 Å². The van der Waals surface area contributed by atoms with E-state index in [1.807, 2.05) is 13.8 Å². The third-order valence-electron chi connectivity index (χ3n) is 3.12. The van der Waals surface area contributed by atoms with Crippen molar-refractivity contribution < 1.29 is 14.7 Å². The Balaban J connectivity index is 2.89. The van der Waals surface area contributed by atoms with E-state index in [0.29, 0.717) is 24.5 Å². The van der Waals surface area contributed by atoms with Gasteiger partial charge in [-0.15, -0.1) is 0 Å². The van der Waals surface area contributed by atoms with Crippen molar-refractivity contribution in [1.82, 2.24) is 4.90 Å². The molecule has 0 heterocycles. The first kappa shape index (κ1) is 15.8. The Morgan fingerprint density at radius 2 is 1.95 bits per heavy atom. The molecule has 0 aliphatic carbocycles. The molecule has 20 heavy (non-hydrogen) atoms. The lowest BCUT2D eigenvalue weighted by Crippen LogP contribution is -2.41. The Kier molecular flexibility index (Phi) is 5.37. The Labute approximate surface area is 118 Å². The minimum absolute atomic E-state index is 0.0462. The first-order valence-corrected chi connectivity index (χ1v) is 6.58. The van der Waals surface area contributed by atoms with E-state index in [0.717, 1.165) is 0 Å². The molecule has 0 saturated carbocycles. The number of carboxylic acid groups (broad SMARTS) is 1. The Morgan fingerprint density at radius 1 is 1.35 bits per heavy atom. The van der Waals surface area contributed by atoms with Gasteiger partial charge in [-0.25, -0.2) is 4.79 Å². The second-order valence-corrected chi connectivity index (χ2v) is 4.48. The molecule has 6 heteroatoms. The second-order valence-electron chi connectivity index (χ2n) is 4.48. The summed E-state index contributed by atoms with van der Waals surface area (Å²) in [6, 6.07) is 3.91. The van der Waals surface area contributed by atoms with Crippen molar-refractivity contribution in [1.29, 1.82) is 0 Å². The lowest BCUT2D eigenvalue weighted by atomic mass is 10.1. The van der Waals surface area contributed by atoms with Crippen molar-refractivity contribution in [3.8, 4) is 0 Å². The third-order valence-corrected chi connectivity index (χ3v) is 3.12. The van der Waals surface area contributed by atoms with E-state index in [4.69, 9.17) is 10.8 Å². The highest BCUT2D eigenvalue weighted by atomic mass is 16.4. The van der Waals surface area contributed by atoms with Gasteiger partial charge in [0.1, 0.15) is 6.04 Å². The molecule has 1 unspecified atom stereocenters. The molecule has 0 radical (unpaired) electrons. The molecule has 1 aromatic carbocycles. The standard InChI is InChI=1S/C14H21N3O3/c1-4-17(5-2)13(18)9(3)16-12-8-10(14(19)20)6-7-11(12)15/h6-9,16H,4-5,15H2,1-3H3,(H,19,20). The molecule has 0 saturated heterocycles. The van der Waals surface area contributed by atoms with Crippen LogP contribution < -0.4 is 11.1 Å². The molecular formula is C14H21N3O3. The van der Waals surface area contributed by atoms with Crippen LogP contribution in [-0.4, -0.2) is 41.0 Å².